The number of hydrogen-bond donors (Lipinski definition) is 0. The van der Waals surface area contributed by atoms with Gasteiger partial charge in [-0.1, -0.05) is 24.3 Å². The van der Waals surface area contributed by atoms with Gasteiger partial charge in [0, 0.05) is 17.1 Å². The highest BCUT2D eigenvalue weighted by atomic mass is 32.2. The molecule has 0 saturated carbocycles. The topological polar surface area (TPSA) is 42.4 Å². The summed E-state index contributed by atoms with van der Waals surface area (Å²) in [5.41, 5.74) is 0.903. The normalized spacial score (nSPS) is 16.6. The number of fused-ring (bicyclic) bond motifs is 1. The van der Waals surface area contributed by atoms with Gasteiger partial charge in [0.1, 0.15) is 11.3 Å². The van der Waals surface area contributed by atoms with Gasteiger partial charge < -0.3 is 4.74 Å². The van der Waals surface area contributed by atoms with Crippen LogP contribution in [0, 0.1) is 5.82 Å². The van der Waals surface area contributed by atoms with Gasteiger partial charge in [-0.15, -0.1) is 11.8 Å². The van der Waals surface area contributed by atoms with E-state index in [1.807, 2.05) is 30.3 Å². The number of rotatable bonds is 6. The number of thiazole rings is 1. The average molecular weight is 417 g/mol. The van der Waals surface area contributed by atoms with Crippen LogP contribution in [-0.2, 0) is 4.74 Å². The Hall–Kier alpha value is -1.96. The molecule has 1 aliphatic heterocycles. The molecule has 7 heteroatoms. The van der Waals surface area contributed by atoms with E-state index < -0.39 is 0 Å². The zero-order valence-corrected chi connectivity index (χ0v) is 17.2. The second kappa shape index (κ2) is 8.59. The third-order valence-corrected chi connectivity index (χ3v) is 6.59. The number of amides is 1. The van der Waals surface area contributed by atoms with E-state index in [0.29, 0.717) is 29.4 Å². The Bertz CT molecular complexity index is 968. The number of hydrogen-bond acceptors (Lipinski definition) is 5. The molecule has 1 aromatic heterocycles. The number of benzene rings is 2. The maximum Gasteiger partial charge on any atom is 0.260 e. The zero-order chi connectivity index (χ0) is 19.5. The highest BCUT2D eigenvalue weighted by Crippen LogP contribution is 2.32. The number of para-hydroxylation sites is 1. The Morgan fingerprint density at radius 1 is 1.32 bits per heavy atom. The first kappa shape index (κ1) is 19.4. The molecule has 2 heterocycles. The summed E-state index contributed by atoms with van der Waals surface area (Å²) < 4.78 is 20.6. The molecule has 1 saturated heterocycles. The number of carbonyl (C=O) groups excluding carboxylic acids is 1. The van der Waals surface area contributed by atoms with Crippen molar-refractivity contribution in [3.05, 3.63) is 53.8 Å². The fraction of sp³-hybridized carbons (Fsp3) is 0.333. The summed E-state index contributed by atoms with van der Waals surface area (Å²) in [6.45, 7) is 3.23. The molecule has 0 bridgehead atoms. The number of aromatic nitrogens is 1. The summed E-state index contributed by atoms with van der Waals surface area (Å²) >= 11 is 3.07. The fourth-order valence-corrected chi connectivity index (χ4v) is 4.92. The molecule has 0 N–H and O–H groups in total. The second-order valence-corrected chi connectivity index (χ2v) is 8.94. The van der Waals surface area contributed by atoms with Crippen molar-refractivity contribution < 1.29 is 13.9 Å². The number of carbonyl (C=O) groups is 1. The zero-order valence-electron chi connectivity index (χ0n) is 15.6. The molecule has 4 rings (SSSR count). The van der Waals surface area contributed by atoms with Crippen molar-refractivity contribution in [2.45, 2.75) is 30.8 Å². The molecule has 28 heavy (non-hydrogen) atoms. The summed E-state index contributed by atoms with van der Waals surface area (Å²) in [6.07, 6.45) is 1.88. The van der Waals surface area contributed by atoms with E-state index in [9.17, 15) is 9.18 Å². The van der Waals surface area contributed by atoms with Gasteiger partial charge in [-0.25, -0.2) is 9.37 Å². The third kappa shape index (κ3) is 4.06. The molecule has 3 aromatic rings. The van der Waals surface area contributed by atoms with Crippen LogP contribution in [-0.4, -0.2) is 35.9 Å². The summed E-state index contributed by atoms with van der Waals surface area (Å²) in [6, 6.07) is 12.5. The van der Waals surface area contributed by atoms with Gasteiger partial charge in [0.15, 0.2) is 5.13 Å². The van der Waals surface area contributed by atoms with Gasteiger partial charge in [-0.05, 0) is 55.0 Å². The predicted molar refractivity (Wildman–Crippen MR) is 113 cm³/mol. The van der Waals surface area contributed by atoms with Crippen LogP contribution in [0.5, 0.6) is 0 Å². The maximum atomic E-state index is 14.1. The highest BCUT2D eigenvalue weighted by Gasteiger charge is 2.27. The summed E-state index contributed by atoms with van der Waals surface area (Å²) in [4.78, 5) is 20.5. The van der Waals surface area contributed by atoms with Crippen LogP contribution in [0.3, 0.4) is 0 Å². The smallest absolute Gasteiger partial charge is 0.260 e. The number of nitrogens with zero attached hydrogens (tertiary/aromatic N) is 2. The molecule has 146 valence electrons. The molecule has 1 amide bonds. The van der Waals surface area contributed by atoms with Crippen molar-refractivity contribution >= 4 is 44.4 Å². The standard InChI is InChI=1S/C21H21FN2O2S2/c1-2-27-16-10-8-14(9-11-16)20(25)24(13-15-5-4-12-26-15)21-23-19-17(22)6-3-7-18(19)28-21/h3,6-11,15H,2,4-5,12-13H2,1H3. The molecule has 1 fully saturated rings. The van der Waals surface area contributed by atoms with Gasteiger partial charge in [0.25, 0.3) is 5.91 Å². The molecule has 1 aliphatic rings. The Labute approximate surface area is 171 Å². The Morgan fingerprint density at radius 2 is 2.14 bits per heavy atom. The second-order valence-electron chi connectivity index (χ2n) is 6.59. The molecule has 0 aliphatic carbocycles. The van der Waals surface area contributed by atoms with E-state index in [2.05, 4.69) is 11.9 Å². The van der Waals surface area contributed by atoms with Gasteiger partial charge in [-0.2, -0.15) is 0 Å². The van der Waals surface area contributed by atoms with E-state index in [-0.39, 0.29) is 17.8 Å². The molecule has 0 spiro atoms. The van der Waals surface area contributed by atoms with E-state index in [1.165, 1.54) is 17.4 Å². The molecular formula is C21H21FN2O2S2. The molecule has 2 aromatic carbocycles. The van der Waals surface area contributed by atoms with E-state index in [1.54, 1.807) is 22.7 Å². The third-order valence-electron chi connectivity index (χ3n) is 4.66. The van der Waals surface area contributed by atoms with Crippen molar-refractivity contribution in [2.75, 3.05) is 23.8 Å². The van der Waals surface area contributed by atoms with Crippen LogP contribution >= 0.6 is 23.1 Å². The number of thioether (sulfide) groups is 1. The maximum absolute atomic E-state index is 14.1. The lowest BCUT2D eigenvalue weighted by Gasteiger charge is -2.23. The number of ether oxygens (including phenoxy) is 1. The number of halogens is 1. The minimum Gasteiger partial charge on any atom is -0.376 e. The van der Waals surface area contributed by atoms with Crippen molar-refractivity contribution in [3.8, 4) is 0 Å². The van der Waals surface area contributed by atoms with Crippen LogP contribution < -0.4 is 4.90 Å². The first-order valence-electron chi connectivity index (χ1n) is 9.37. The Balaban J connectivity index is 1.67. The average Bonchev–Trinajstić information content (AvgIpc) is 3.37. The highest BCUT2D eigenvalue weighted by molar-refractivity contribution is 7.99. The minimum atomic E-state index is -0.370. The van der Waals surface area contributed by atoms with Crippen molar-refractivity contribution in [1.29, 1.82) is 0 Å². The molecule has 1 unspecified atom stereocenters. The lowest BCUT2D eigenvalue weighted by molar-refractivity contribution is 0.0917. The largest absolute Gasteiger partial charge is 0.376 e. The van der Waals surface area contributed by atoms with Crippen LogP contribution in [0.25, 0.3) is 10.2 Å². The van der Waals surface area contributed by atoms with E-state index in [4.69, 9.17) is 4.74 Å². The summed E-state index contributed by atoms with van der Waals surface area (Å²) in [5, 5.41) is 0.507. The SMILES string of the molecule is CCSc1ccc(C(=O)N(CC2CCCO2)c2nc3c(F)cccc3s2)cc1. The molecular weight excluding hydrogens is 395 g/mol. The van der Waals surface area contributed by atoms with Gasteiger partial charge in [-0.3, -0.25) is 9.69 Å². The summed E-state index contributed by atoms with van der Waals surface area (Å²) in [5.74, 6) is 0.476. The fourth-order valence-electron chi connectivity index (χ4n) is 3.27. The Kier molecular flexibility index (Phi) is 5.94. The van der Waals surface area contributed by atoms with E-state index in [0.717, 1.165) is 28.2 Å². The number of anilines is 1. The predicted octanol–water partition coefficient (Wildman–Crippen LogP) is 5.37. The van der Waals surface area contributed by atoms with Gasteiger partial charge in [0.05, 0.1) is 17.3 Å². The van der Waals surface area contributed by atoms with Gasteiger partial charge >= 0.3 is 0 Å². The Morgan fingerprint density at radius 3 is 2.82 bits per heavy atom. The summed E-state index contributed by atoms with van der Waals surface area (Å²) in [7, 11) is 0. The van der Waals surface area contributed by atoms with Crippen LogP contribution in [0.15, 0.2) is 47.4 Å². The monoisotopic (exact) mass is 416 g/mol. The first-order valence-corrected chi connectivity index (χ1v) is 11.2. The first-order chi connectivity index (χ1) is 13.7. The minimum absolute atomic E-state index is 0.0178. The molecule has 1 atom stereocenters. The van der Waals surface area contributed by atoms with Crippen LogP contribution in [0.2, 0.25) is 0 Å². The molecule has 4 nitrogen and oxygen atoms in total. The lowest BCUT2D eigenvalue weighted by atomic mass is 10.2. The van der Waals surface area contributed by atoms with Gasteiger partial charge in [0.2, 0.25) is 0 Å². The van der Waals surface area contributed by atoms with Crippen LogP contribution in [0.4, 0.5) is 9.52 Å². The van der Waals surface area contributed by atoms with Crippen molar-refractivity contribution in [1.82, 2.24) is 4.98 Å². The quantitative estimate of drug-likeness (QED) is 0.507. The van der Waals surface area contributed by atoms with Crippen molar-refractivity contribution in [2.24, 2.45) is 0 Å². The van der Waals surface area contributed by atoms with E-state index >= 15 is 0 Å². The molecule has 0 radical (unpaired) electrons. The van der Waals surface area contributed by atoms with Crippen LogP contribution in [0.1, 0.15) is 30.1 Å². The lowest BCUT2D eigenvalue weighted by Crippen LogP contribution is -2.37. The van der Waals surface area contributed by atoms with Crippen molar-refractivity contribution in [3.63, 3.8) is 0 Å².